The number of rotatable bonds is 14. The summed E-state index contributed by atoms with van der Waals surface area (Å²) in [7, 11) is 0. The molecule has 0 fully saturated rings. The molecule has 0 spiro atoms. The number of hydrogen-bond acceptors (Lipinski definition) is 8. The van der Waals surface area contributed by atoms with E-state index in [1.54, 1.807) is 58.0 Å². The molecule has 210 valence electrons. The van der Waals surface area contributed by atoms with Crippen LogP contribution in [0.1, 0.15) is 57.7 Å². The van der Waals surface area contributed by atoms with Crippen molar-refractivity contribution in [2.75, 3.05) is 26.3 Å². The molecule has 1 rings (SSSR count). The van der Waals surface area contributed by atoms with Gasteiger partial charge >= 0.3 is 12.1 Å². The number of aliphatic hydroxyl groups is 1. The van der Waals surface area contributed by atoms with Gasteiger partial charge in [0.1, 0.15) is 17.7 Å². The number of amides is 4. The predicted molar refractivity (Wildman–Crippen MR) is 139 cm³/mol. The number of primary amides is 1. The van der Waals surface area contributed by atoms with Gasteiger partial charge < -0.3 is 35.8 Å². The number of carbonyl (C=O) groups excluding carboxylic acids is 5. The molecule has 0 aliphatic heterocycles. The van der Waals surface area contributed by atoms with E-state index >= 15 is 0 Å². The summed E-state index contributed by atoms with van der Waals surface area (Å²) >= 11 is 0. The summed E-state index contributed by atoms with van der Waals surface area (Å²) in [5, 5.41) is 14.7. The highest BCUT2D eigenvalue weighted by Crippen LogP contribution is 2.24. The predicted octanol–water partition coefficient (Wildman–Crippen LogP) is 1.03. The van der Waals surface area contributed by atoms with Crippen molar-refractivity contribution in [3.63, 3.8) is 0 Å². The Morgan fingerprint density at radius 3 is 2.45 bits per heavy atom. The van der Waals surface area contributed by atoms with Crippen molar-refractivity contribution < 1.29 is 38.6 Å². The van der Waals surface area contributed by atoms with Crippen molar-refractivity contribution >= 4 is 35.9 Å². The SMILES string of the molecule is C=Cc1cccc(C(C(=O)NCCC(=O)OCC)N(CCO)C(=O)C(CC(N)=O)NC(=O)OC(C)(C)C)c1. The van der Waals surface area contributed by atoms with E-state index in [4.69, 9.17) is 15.2 Å². The molecule has 4 amide bonds. The first-order valence-corrected chi connectivity index (χ1v) is 12.2. The van der Waals surface area contributed by atoms with Crippen molar-refractivity contribution in [2.24, 2.45) is 5.73 Å². The van der Waals surface area contributed by atoms with E-state index in [0.717, 1.165) is 4.90 Å². The first-order chi connectivity index (χ1) is 17.8. The van der Waals surface area contributed by atoms with E-state index in [1.807, 2.05) is 0 Å². The van der Waals surface area contributed by atoms with Gasteiger partial charge in [0.05, 0.1) is 26.1 Å². The number of aliphatic hydroxyl groups excluding tert-OH is 1. The standard InChI is InChI=1S/C26H38N4O8/c1-6-17-9-8-10-18(15-17)22(23(34)28-12-11-21(33)37-7-2)30(13-14-31)24(35)19(16-20(27)32)29-25(36)38-26(3,4)5/h6,8-10,15,19,22,31H,1,7,11-14,16H2,2-5H3,(H2,27,32)(H,28,34)(H,29,36). The van der Waals surface area contributed by atoms with Crippen LogP contribution in [0, 0.1) is 0 Å². The Hall–Kier alpha value is -3.93. The number of nitrogens with one attached hydrogen (secondary N) is 2. The fraction of sp³-hybridized carbons (Fsp3) is 0.500. The summed E-state index contributed by atoms with van der Waals surface area (Å²) < 4.78 is 10.1. The number of alkyl carbamates (subject to hydrolysis) is 1. The summed E-state index contributed by atoms with van der Waals surface area (Å²) in [6.45, 7) is 9.51. The van der Waals surface area contributed by atoms with Crippen LogP contribution in [0.5, 0.6) is 0 Å². The normalized spacial score (nSPS) is 12.4. The number of nitrogens with two attached hydrogens (primary N) is 1. The lowest BCUT2D eigenvalue weighted by molar-refractivity contribution is -0.145. The van der Waals surface area contributed by atoms with Gasteiger partial charge in [-0.2, -0.15) is 0 Å². The molecule has 0 radical (unpaired) electrons. The fourth-order valence-corrected chi connectivity index (χ4v) is 3.47. The molecular weight excluding hydrogens is 496 g/mol. The summed E-state index contributed by atoms with van der Waals surface area (Å²) in [5.41, 5.74) is 5.46. The minimum atomic E-state index is -1.48. The summed E-state index contributed by atoms with van der Waals surface area (Å²) in [5.74, 6) is -2.90. The number of nitrogens with zero attached hydrogens (tertiary/aromatic N) is 1. The maximum atomic E-state index is 13.7. The van der Waals surface area contributed by atoms with Crippen molar-refractivity contribution in [3.8, 4) is 0 Å². The van der Waals surface area contributed by atoms with Crippen molar-refractivity contribution in [1.82, 2.24) is 15.5 Å². The van der Waals surface area contributed by atoms with E-state index in [9.17, 15) is 29.1 Å². The van der Waals surface area contributed by atoms with Crippen LogP contribution in [0.3, 0.4) is 0 Å². The van der Waals surface area contributed by atoms with Gasteiger partial charge in [-0.1, -0.05) is 30.9 Å². The van der Waals surface area contributed by atoms with Gasteiger partial charge in [0.15, 0.2) is 0 Å². The van der Waals surface area contributed by atoms with E-state index < -0.39 is 60.5 Å². The Morgan fingerprint density at radius 2 is 1.89 bits per heavy atom. The highest BCUT2D eigenvalue weighted by Gasteiger charge is 2.36. The largest absolute Gasteiger partial charge is 0.466 e. The quantitative estimate of drug-likeness (QED) is 0.256. The Bertz CT molecular complexity index is 1010. The van der Waals surface area contributed by atoms with Crippen LogP contribution >= 0.6 is 0 Å². The van der Waals surface area contributed by atoms with Gasteiger partial charge in [0.2, 0.25) is 17.7 Å². The van der Waals surface area contributed by atoms with E-state index in [-0.39, 0.29) is 26.1 Å². The van der Waals surface area contributed by atoms with E-state index in [1.165, 1.54) is 0 Å². The minimum Gasteiger partial charge on any atom is -0.466 e. The second kappa shape index (κ2) is 15.4. The van der Waals surface area contributed by atoms with Gasteiger partial charge in [-0.15, -0.1) is 0 Å². The first kappa shape index (κ1) is 32.1. The molecule has 0 heterocycles. The maximum Gasteiger partial charge on any atom is 0.408 e. The molecule has 0 aliphatic carbocycles. The second-order valence-corrected chi connectivity index (χ2v) is 9.25. The summed E-state index contributed by atoms with van der Waals surface area (Å²) in [6, 6.07) is 3.85. The number of esters is 1. The van der Waals surface area contributed by atoms with Crippen molar-refractivity contribution in [2.45, 2.75) is 58.2 Å². The van der Waals surface area contributed by atoms with Crippen LogP contribution < -0.4 is 16.4 Å². The zero-order chi connectivity index (χ0) is 28.9. The van der Waals surface area contributed by atoms with Crippen molar-refractivity contribution in [1.29, 1.82) is 0 Å². The van der Waals surface area contributed by atoms with E-state index in [2.05, 4.69) is 17.2 Å². The molecule has 0 aromatic heterocycles. The van der Waals surface area contributed by atoms with Crippen LogP contribution in [0.4, 0.5) is 4.79 Å². The van der Waals surface area contributed by atoms with Crippen LogP contribution in [0.15, 0.2) is 30.8 Å². The summed E-state index contributed by atoms with van der Waals surface area (Å²) in [6.07, 6.45) is -0.0937. The molecule has 0 aliphatic rings. The molecule has 1 aromatic rings. The minimum absolute atomic E-state index is 0.0721. The summed E-state index contributed by atoms with van der Waals surface area (Å²) in [4.78, 5) is 64.0. The molecule has 12 heteroatoms. The third-order valence-electron chi connectivity index (χ3n) is 4.97. The maximum absolute atomic E-state index is 13.7. The number of benzene rings is 1. The molecule has 0 bridgehead atoms. The first-order valence-electron chi connectivity index (χ1n) is 12.2. The number of hydrogen-bond donors (Lipinski definition) is 4. The van der Waals surface area contributed by atoms with Gasteiger partial charge in [-0.3, -0.25) is 19.2 Å². The van der Waals surface area contributed by atoms with Crippen LogP contribution in [0.2, 0.25) is 0 Å². The molecule has 2 atom stereocenters. The molecule has 5 N–H and O–H groups in total. The molecule has 0 saturated heterocycles. The molecule has 1 aromatic carbocycles. The van der Waals surface area contributed by atoms with Crippen molar-refractivity contribution in [3.05, 3.63) is 42.0 Å². The Labute approximate surface area is 222 Å². The molecular formula is C26H38N4O8. The topological polar surface area (TPSA) is 177 Å². The van der Waals surface area contributed by atoms with Gasteiger partial charge in [0, 0.05) is 13.1 Å². The molecule has 38 heavy (non-hydrogen) atoms. The average molecular weight is 535 g/mol. The van der Waals surface area contributed by atoms with Crippen LogP contribution in [-0.2, 0) is 28.7 Å². The van der Waals surface area contributed by atoms with Gasteiger partial charge in [-0.05, 0) is 44.9 Å². The lowest BCUT2D eigenvalue weighted by Gasteiger charge is -2.34. The van der Waals surface area contributed by atoms with Crippen LogP contribution in [-0.4, -0.2) is 77.7 Å². The monoisotopic (exact) mass is 534 g/mol. The lowest BCUT2D eigenvalue weighted by atomic mass is 10.00. The fourth-order valence-electron chi connectivity index (χ4n) is 3.47. The highest BCUT2D eigenvalue weighted by molar-refractivity contribution is 5.94. The zero-order valence-corrected chi connectivity index (χ0v) is 22.3. The third-order valence-corrected chi connectivity index (χ3v) is 4.97. The number of ether oxygens (including phenoxy) is 2. The molecule has 12 nitrogen and oxygen atoms in total. The molecule has 2 unspecified atom stereocenters. The van der Waals surface area contributed by atoms with Crippen LogP contribution in [0.25, 0.3) is 6.08 Å². The second-order valence-electron chi connectivity index (χ2n) is 9.25. The van der Waals surface area contributed by atoms with Gasteiger partial charge in [0.25, 0.3) is 0 Å². The highest BCUT2D eigenvalue weighted by atomic mass is 16.6. The Kier molecular flexibility index (Phi) is 13.0. The average Bonchev–Trinajstić information content (AvgIpc) is 2.81. The Morgan fingerprint density at radius 1 is 1.21 bits per heavy atom. The molecule has 0 saturated carbocycles. The Balaban J connectivity index is 3.41. The smallest absolute Gasteiger partial charge is 0.408 e. The lowest BCUT2D eigenvalue weighted by Crippen LogP contribution is -2.54. The van der Waals surface area contributed by atoms with Gasteiger partial charge in [-0.25, -0.2) is 4.79 Å². The number of carbonyl (C=O) groups is 5. The third kappa shape index (κ3) is 11.0. The van der Waals surface area contributed by atoms with E-state index in [0.29, 0.717) is 11.1 Å². The zero-order valence-electron chi connectivity index (χ0n) is 22.3.